The van der Waals surface area contributed by atoms with Gasteiger partial charge in [-0.2, -0.15) is 0 Å². The molecule has 130 valence electrons. The second-order valence-corrected chi connectivity index (χ2v) is 13.1. The molecule has 0 aromatic carbocycles. The molecule has 0 saturated heterocycles. The van der Waals surface area contributed by atoms with E-state index in [-0.39, 0.29) is 0 Å². The Labute approximate surface area is 141 Å². The molecule has 0 fully saturated rings. The van der Waals surface area contributed by atoms with Gasteiger partial charge in [-0.05, 0) is 42.5 Å². The van der Waals surface area contributed by atoms with Crippen LogP contribution in [-0.2, 0) is 4.43 Å². The highest BCUT2D eigenvalue weighted by atomic mass is 28.4. The summed E-state index contributed by atoms with van der Waals surface area (Å²) in [5.74, 6) is 1.19. The second kappa shape index (κ2) is 10.3. The van der Waals surface area contributed by atoms with Crippen LogP contribution in [0.15, 0.2) is 24.0 Å². The summed E-state index contributed by atoms with van der Waals surface area (Å²) < 4.78 is 6.85. The van der Waals surface area contributed by atoms with Crippen LogP contribution in [0.5, 0.6) is 0 Å². The van der Waals surface area contributed by atoms with Crippen LogP contribution >= 0.6 is 0 Å². The fourth-order valence-electron chi connectivity index (χ4n) is 3.69. The summed E-state index contributed by atoms with van der Waals surface area (Å²) in [6.45, 7) is 22.5. The van der Waals surface area contributed by atoms with Gasteiger partial charge in [0.15, 0.2) is 0 Å². The van der Waals surface area contributed by atoms with E-state index in [0.29, 0.717) is 16.6 Å². The molecule has 0 unspecified atom stereocenters. The van der Waals surface area contributed by atoms with Crippen molar-refractivity contribution in [1.82, 2.24) is 0 Å². The van der Waals surface area contributed by atoms with E-state index in [1.165, 1.54) is 30.6 Å². The van der Waals surface area contributed by atoms with Crippen molar-refractivity contribution < 1.29 is 4.43 Å². The van der Waals surface area contributed by atoms with E-state index in [1.807, 2.05) is 0 Å². The zero-order valence-corrected chi connectivity index (χ0v) is 17.5. The monoisotopic (exact) mass is 324 g/mol. The quantitative estimate of drug-likeness (QED) is 0.164. The number of rotatable bonds is 11. The third-order valence-corrected chi connectivity index (χ3v) is 10.7. The summed E-state index contributed by atoms with van der Waals surface area (Å²) in [7, 11) is -1.84. The summed E-state index contributed by atoms with van der Waals surface area (Å²) in [4.78, 5) is 0. The minimum absolute atomic E-state index is 0.622. The van der Waals surface area contributed by atoms with E-state index < -0.39 is 8.32 Å². The van der Waals surface area contributed by atoms with Crippen molar-refractivity contribution in [2.45, 2.75) is 104 Å². The van der Waals surface area contributed by atoms with Gasteiger partial charge in [-0.3, -0.25) is 0 Å². The van der Waals surface area contributed by atoms with Gasteiger partial charge in [-0.15, -0.1) is 0 Å². The number of unbranched alkanes of at least 4 members (excludes halogenated alkanes) is 3. The molecule has 0 aliphatic heterocycles. The molecule has 0 rings (SSSR count). The number of hydrogen-bond donors (Lipinski definition) is 0. The maximum Gasteiger partial charge on any atom is 0.258 e. The Morgan fingerprint density at radius 3 is 1.86 bits per heavy atom. The summed E-state index contributed by atoms with van der Waals surface area (Å²) in [5, 5.41) is 0. The second-order valence-electron chi connectivity index (χ2n) is 7.72. The predicted octanol–water partition coefficient (Wildman–Crippen LogP) is 7.61. The Hall–Kier alpha value is -0.503. The van der Waals surface area contributed by atoms with Crippen LogP contribution in [0.1, 0.15) is 87.5 Å². The molecular formula is C20H40OSi. The molecule has 1 nitrogen and oxygen atoms in total. The van der Waals surface area contributed by atoms with E-state index in [4.69, 9.17) is 4.43 Å². The molecule has 0 aliphatic carbocycles. The Kier molecular flexibility index (Phi) is 10.1. The van der Waals surface area contributed by atoms with E-state index in [2.05, 4.69) is 68.0 Å². The Morgan fingerprint density at radius 1 is 1.00 bits per heavy atom. The van der Waals surface area contributed by atoms with Crippen LogP contribution in [0.25, 0.3) is 0 Å². The molecule has 0 bridgehead atoms. The van der Waals surface area contributed by atoms with E-state index in [9.17, 15) is 0 Å². The molecule has 0 spiro atoms. The summed E-state index contributed by atoms with van der Waals surface area (Å²) >= 11 is 0. The molecule has 0 aromatic heterocycles. The summed E-state index contributed by atoms with van der Waals surface area (Å²) in [6, 6.07) is 0. The highest BCUT2D eigenvalue weighted by molar-refractivity contribution is 6.77. The van der Waals surface area contributed by atoms with E-state index in [1.54, 1.807) is 0 Å². The van der Waals surface area contributed by atoms with Gasteiger partial charge in [0.2, 0.25) is 0 Å². The maximum absolute atomic E-state index is 6.85. The first-order valence-electron chi connectivity index (χ1n) is 9.20. The van der Waals surface area contributed by atoms with Gasteiger partial charge in [0.1, 0.15) is 0 Å². The van der Waals surface area contributed by atoms with Crippen molar-refractivity contribution in [1.29, 1.82) is 0 Å². The number of allylic oxidation sites excluding steroid dienone is 2. The maximum atomic E-state index is 6.85. The van der Waals surface area contributed by atoms with Crippen LogP contribution in [0, 0.1) is 0 Å². The molecule has 22 heavy (non-hydrogen) atoms. The lowest BCUT2D eigenvalue weighted by atomic mass is 10.1. The van der Waals surface area contributed by atoms with Gasteiger partial charge in [-0.1, -0.05) is 73.5 Å². The van der Waals surface area contributed by atoms with Gasteiger partial charge in [0.05, 0.1) is 5.76 Å². The fourth-order valence-corrected chi connectivity index (χ4v) is 9.00. The molecule has 0 heterocycles. The molecule has 0 aromatic rings. The smallest absolute Gasteiger partial charge is 0.258 e. The first kappa shape index (κ1) is 21.5. The third kappa shape index (κ3) is 6.32. The van der Waals surface area contributed by atoms with Crippen molar-refractivity contribution >= 4 is 8.32 Å². The normalized spacial score (nSPS) is 13.3. The zero-order chi connectivity index (χ0) is 17.3. The molecule has 0 radical (unpaired) electrons. The van der Waals surface area contributed by atoms with Crippen molar-refractivity contribution in [2.75, 3.05) is 0 Å². The van der Waals surface area contributed by atoms with E-state index in [0.717, 1.165) is 12.8 Å². The Morgan fingerprint density at radius 2 is 1.50 bits per heavy atom. The molecule has 0 aliphatic rings. The molecule has 0 amide bonds. The standard InChI is InChI=1S/C20H40OSi/c1-10-11-12-13-14-20(15-16(2)3)21-22(17(4)5,18(6)7)19(8)9/h14,17-19H,2,10-13,15H2,1,3-9H3/b20-14-. The minimum Gasteiger partial charge on any atom is -0.546 e. The molecular weight excluding hydrogens is 284 g/mol. The SMILES string of the molecule is C=C(C)C/C(=C/CCCCC)O[Si](C(C)C)(C(C)C)C(C)C. The van der Waals surface area contributed by atoms with Gasteiger partial charge in [0.25, 0.3) is 8.32 Å². The fraction of sp³-hybridized carbons (Fsp3) is 0.800. The number of hydrogen-bond acceptors (Lipinski definition) is 1. The van der Waals surface area contributed by atoms with Crippen molar-refractivity contribution in [3.8, 4) is 0 Å². The average molecular weight is 325 g/mol. The topological polar surface area (TPSA) is 9.23 Å². The average Bonchev–Trinajstić information content (AvgIpc) is 2.38. The van der Waals surface area contributed by atoms with Crippen molar-refractivity contribution in [3.05, 3.63) is 24.0 Å². The van der Waals surface area contributed by atoms with E-state index >= 15 is 0 Å². The molecule has 0 N–H and O–H groups in total. The lowest BCUT2D eigenvalue weighted by Gasteiger charge is -2.43. The molecule has 0 saturated carbocycles. The third-order valence-electron chi connectivity index (χ3n) is 4.67. The Balaban J connectivity index is 5.31. The van der Waals surface area contributed by atoms with Crippen LogP contribution in [0.4, 0.5) is 0 Å². The molecule has 0 atom stereocenters. The van der Waals surface area contributed by atoms with Crippen LogP contribution in [-0.4, -0.2) is 8.32 Å². The van der Waals surface area contributed by atoms with Gasteiger partial charge >= 0.3 is 0 Å². The van der Waals surface area contributed by atoms with Gasteiger partial charge in [0, 0.05) is 6.42 Å². The lowest BCUT2D eigenvalue weighted by Crippen LogP contribution is -2.47. The summed E-state index contributed by atoms with van der Waals surface area (Å²) in [6.07, 6.45) is 8.21. The molecule has 2 heteroatoms. The predicted molar refractivity (Wildman–Crippen MR) is 104 cm³/mol. The van der Waals surface area contributed by atoms with Gasteiger partial charge in [-0.25, -0.2) is 0 Å². The van der Waals surface area contributed by atoms with Crippen molar-refractivity contribution in [3.63, 3.8) is 0 Å². The van der Waals surface area contributed by atoms with Crippen LogP contribution in [0.3, 0.4) is 0 Å². The lowest BCUT2D eigenvalue weighted by molar-refractivity contribution is 0.359. The van der Waals surface area contributed by atoms with Crippen LogP contribution < -0.4 is 0 Å². The highest BCUT2D eigenvalue weighted by Gasteiger charge is 2.47. The van der Waals surface area contributed by atoms with Crippen molar-refractivity contribution in [2.24, 2.45) is 0 Å². The first-order valence-corrected chi connectivity index (χ1v) is 11.3. The largest absolute Gasteiger partial charge is 0.546 e. The Bertz CT molecular complexity index is 331. The van der Waals surface area contributed by atoms with Crippen LogP contribution in [0.2, 0.25) is 16.6 Å². The summed E-state index contributed by atoms with van der Waals surface area (Å²) in [5.41, 5.74) is 3.06. The minimum atomic E-state index is -1.84. The van der Waals surface area contributed by atoms with Gasteiger partial charge < -0.3 is 4.43 Å². The highest BCUT2D eigenvalue weighted by Crippen LogP contribution is 2.44. The first-order chi connectivity index (χ1) is 10.2. The zero-order valence-electron chi connectivity index (χ0n) is 16.5.